The fourth-order valence-corrected chi connectivity index (χ4v) is 2.91. The van der Waals surface area contributed by atoms with Crippen LogP contribution in [0, 0.1) is 12.7 Å². The van der Waals surface area contributed by atoms with E-state index >= 15 is 0 Å². The summed E-state index contributed by atoms with van der Waals surface area (Å²) in [5.74, 6) is 0.320. The molecule has 20 heavy (non-hydrogen) atoms. The third-order valence-corrected chi connectivity index (χ3v) is 4.33. The average Bonchev–Trinajstić information content (AvgIpc) is 2.41. The topological polar surface area (TPSA) is 12.0 Å². The van der Waals surface area contributed by atoms with Gasteiger partial charge in [0.25, 0.3) is 0 Å². The van der Waals surface area contributed by atoms with Gasteiger partial charge in [0.15, 0.2) is 0 Å². The molecule has 1 aliphatic rings. The molecule has 0 unspecified atom stereocenters. The van der Waals surface area contributed by atoms with Crippen molar-refractivity contribution in [3.05, 3.63) is 71.0 Å². The van der Waals surface area contributed by atoms with Crippen LogP contribution >= 0.6 is 0 Å². The van der Waals surface area contributed by atoms with E-state index in [4.69, 9.17) is 0 Å². The molecule has 0 aromatic heterocycles. The van der Waals surface area contributed by atoms with Crippen molar-refractivity contribution in [3.8, 4) is 0 Å². The number of halogens is 1. The van der Waals surface area contributed by atoms with Gasteiger partial charge in [-0.05, 0) is 48.4 Å². The van der Waals surface area contributed by atoms with Gasteiger partial charge in [0.1, 0.15) is 5.82 Å². The minimum atomic E-state index is -0.0603. The molecule has 0 heterocycles. The van der Waals surface area contributed by atoms with Gasteiger partial charge in [-0.1, -0.05) is 42.5 Å². The summed E-state index contributed by atoms with van der Waals surface area (Å²) in [6.07, 6.45) is 2.07. The van der Waals surface area contributed by atoms with Crippen molar-refractivity contribution in [1.29, 1.82) is 0 Å². The maximum absolute atomic E-state index is 13.7. The van der Waals surface area contributed by atoms with Gasteiger partial charge in [0, 0.05) is 12.6 Å². The van der Waals surface area contributed by atoms with Gasteiger partial charge in [0.2, 0.25) is 0 Å². The Hall–Kier alpha value is -1.67. The zero-order chi connectivity index (χ0) is 13.9. The Labute approximate surface area is 119 Å². The van der Waals surface area contributed by atoms with Crippen LogP contribution in [-0.2, 0) is 6.54 Å². The van der Waals surface area contributed by atoms with E-state index in [1.165, 1.54) is 11.1 Å². The molecule has 1 saturated carbocycles. The number of rotatable bonds is 4. The number of benzene rings is 2. The number of hydrogen-bond donors (Lipinski definition) is 1. The normalized spacial score (nSPS) is 21.5. The SMILES string of the molecule is Cc1ccccc1CNC1CC(c2ccccc2F)C1. The van der Waals surface area contributed by atoms with E-state index in [-0.39, 0.29) is 5.82 Å². The third-order valence-electron chi connectivity index (χ3n) is 4.33. The molecule has 1 fully saturated rings. The summed E-state index contributed by atoms with van der Waals surface area (Å²) in [5.41, 5.74) is 3.55. The van der Waals surface area contributed by atoms with E-state index in [9.17, 15) is 4.39 Å². The molecule has 0 aliphatic heterocycles. The van der Waals surface area contributed by atoms with Crippen LogP contribution in [0.4, 0.5) is 4.39 Å². The minimum absolute atomic E-state index is 0.0603. The van der Waals surface area contributed by atoms with Gasteiger partial charge >= 0.3 is 0 Å². The van der Waals surface area contributed by atoms with Crippen LogP contribution < -0.4 is 5.32 Å². The van der Waals surface area contributed by atoms with Crippen LogP contribution in [-0.4, -0.2) is 6.04 Å². The Morgan fingerprint density at radius 1 is 1.05 bits per heavy atom. The molecular weight excluding hydrogens is 249 g/mol. The van der Waals surface area contributed by atoms with Crippen molar-refractivity contribution < 1.29 is 4.39 Å². The zero-order valence-electron chi connectivity index (χ0n) is 11.8. The standard InChI is InChI=1S/C18H20FN/c1-13-6-2-3-7-14(13)12-20-16-10-15(11-16)17-8-4-5-9-18(17)19/h2-9,15-16,20H,10-12H2,1H3. The predicted molar refractivity (Wildman–Crippen MR) is 80.2 cm³/mol. The Morgan fingerprint density at radius 3 is 2.50 bits per heavy atom. The van der Waals surface area contributed by atoms with E-state index in [1.54, 1.807) is 12.1 Å². The Kier molecular flexibility index (Phi) is 3.83. The molecule has 3 rings (SSSR count). The lowest BCUT2D eigenvalue weighted by Crippen LogP contribution is -2.40. The van der Waals surface area contributed by atoms with E-state index < -0.39 is 0 Å². The monoisotopic (exact) mass is 269 g/mol. The highest BCUT2D eigenvalue weighted by molar-refractivity contribution is 5.27. The summed E-state index contributed by atoms with van der Waals surface area (Å²) in [5, 5.41) is 3.57. The second-order valence-electron chi connectivity index (χ2n) is 5.69. The molecule has 104 valence electrons. The van der Waals surface area contributed by atoms with E-state index in [0.29, 0.717) is 12.0 Å². The summed E-state index contributed by atoms with van der Waals surface area (Å²) in [6, 6.07) is 16.1. The van der Waals surface area contributed by atoms with Gasteiger partial charge in [0.05, 0.1) is 0 Å². The zero-order valence-corrected chi connectivity index (χ0v) is 11.8. The van der Waals surface area contributed by atoms with Gasteiger partial charge < -0.3 is 5.32 Å². The van der Waals surface area contributed by atoms with Crippen LogP contribution in [0.25, 0.3) is 0 Å². The first-order valence-electron chi connectivity index (χ1n) is 7.26. The first-order chi connectivity index (χ1) is 9.74. The van der Waals surface area contributed by atoms with Crippen molar-refractivity contribution >= 4 is 0 Å². The molecule has 2 heteroatoms. The first-order valence-corrected chi connectivity index (χ1v) is 7.26. The summed E-state index contributed by atoms with van der Waals surface area (Å²) < 4.78 is 13.7. The lowest BCUT2D eigenvalue weighted by Gasteiger charge is -2.36. The van der Waals surface area contributed by atoms with E-state index in [0.717, 1.165) is 24.9 Å². The summed E-state index contributed by atoms with van der Waals surface area (Å²) in [6.45, 7) is 3.04. The fourth-order valence-electron chi connectivity index (χ4n) is 2.91. The highest BCUT2D eigenvalue weighted by Crippen LogP contribution is 2.38. The van der Waals surface area contributed by atoms with Crippen LogP contribution in [0.15, 0.2) is 48.5 Å². The maximum Gasteiger partial charge on any atom is 0.126 e. The van der Waals surface area contributed by atoms with Crippen LogP contribution in [0.1, 0.15) is 35.4 Å². The number of aryl methyl sites for hydroxylation is 1. The molecule has 1 nitrogen and oxygen atoms in total. The molecule has 1 aliphatic carbocycles. The predicted octanol–water partition coefficient (Wildman–Crippen LogP) is 4.17. The fraction of sp³-hybridized carbons (Fsp3) is 0.333. The van der Waals surface area contributed by atoms with Gasteiger partial charge in [-0.15, -0.1) is 0 Å². The Bertz CT molecular complexity index is 585. The molecule has 0 saturated heterocycles. The second kappa shape index (κ2) is 5.76. The second-order valence-corrected chi connectivity index (χ2v) is 5.69. The quantitative estimate of drug-likeness (QED) is 0.878. The van der Waals surface area contributed by atoms with Gasteiger partial charge in [-0.25, -0.2) is 4.39 Å². The lowest BCUT2D eigenvalue weighted by molar-refractivity contribution is 0.284. The molecule has 0 amide bonds. The summed E-state index contributed by atoms with van der Waals surface area (Å²) in [7, 11) is 0. The molecular formula is C18H20FN. The van der Waals surface area contributed by atoms with Gasteiger partial charge in [-0.2, -0.15) is 0 Å². The third kappa shape index (κ3) is 2.75. The number of nitrogens with one attached hydrogen (secondary N) is 1. The first kappa shape index (κ1) is 13.3. The molecule has 0 radical (unpaired) electrons. The lowest BCUT2D eigenvalue weighted by atomic mass is 9.75. The highest BCUT2D eigenvalue weighted by atomic mass is 19.1. The van der Waals surface area contributed by atoms with Crippen LogP contribution in [0.5, 0.6) is 0 Å². The Balaban J connectivity index is 1.52. The molecule has 0 spiro atoms. The largest absolute Gasteiger partial charge is 0.310 e. The van der Waals surface area contributed by atoms with E-state index in [2.05, 4.69) is 36.5 Å². The van der Waals surface area contributed by atoms with Gasteiger partial charge in [-0.3, -0.25) is 0 Å². The summed E-state index contributed by atoms with van der Waals surface area (Å²) in [4.78, 5) is 0. The van der Waals surface area contributed by atoms with E-state index in [1.807, 2.05) is 12.1 Å². The van der Waals surface area contributed by atoms with Crippen molar-refractivity contribution in [3.63, 3.8) is 0 Å². The van der Waals surface area contributed by atoms with Crippen LogP contribution in [0.3, 0.4) is 0 Å². The molecule has 2 aromatic rings. The Morgan fingerprint density at radius 2 is 1.75 bits per heavy atom. The minimum Gasteiger partial charge on any atom is -0.310 e. The molecule has 0 bridgehead atoms. The van der Waals surface area contributed by atoms with Crippen molar-refractivity contribution in [2.24, 2.45) is 0 Å². The maximum atomic E-state index is 13.7. The van der Waals surface area contributed by atoms with Crippen LogP contribution in [0.2, 0.25) is 0 Å². The average molecular weight is 269 g/mol. The molecule has 0 atom stereocenters. The van der Waals surface area contributed by atoms with Crippen molar-refractivity contribution in [2.75, 3.05) is 0 Å². The van der Waals surface area contributed by atoms with Crippen molar-refractivity contribution in [2.45, 2.75) is 38.3 Å². The highest BCUT2D eigenvalue weighted by Gasteiger charge is 2.31. The number of hydrogen-bond acceptors (Lipinski definition) is 1. The molecule has 2 aromatic carbocycles. The molecule has 1 N–H and O–H groups in total. The smallest absolute Gasteiger partial charge is 0.126 e. The van der Waals surface area contributed by atoms with Crippen molar-refractivity contribution in [1.82, 2.24) is 5.32 Å². The summed E-state index contributed by atoms with van der Waals surface area (Å²) >= 11 is 0.